The smallest absolute Gasteiger partial charge is 0.255 e. The molecular formula is C27H27NO8. The molecule has 6 N–H and O–H groups in total. The molecule has 5 rings (SSSR count). The van der Waals surface area contributed by atoms with E-state index in [4.69, 9.17) is 10.5 Å². The second-order valence-electron chi connectivity index (χ2n) is 9.81. The number of ether oxygens (including phenoxy) is 1. The Morgan fingerprint density at radius 3 is 2.64 bits per heavy atom. The van der Waals surface area contributed by atoms with Crippen molar-refractivity contribution in [2.24, 2.45) is 17.6 Å². The highest BCUT2D eigenvalue weighted by atomic mass is 16.5. The van der Waals surface area contributed by atoms with Crippen molar-refractivity contribution in [1.82, 2.24) is 0 Å². The lowest BCUT2D eigenvalue weighted by Crippen LogP contribution is -2.58. The van der Waals surface area contributed by atoms with Gasteiger partial charge in [-0.15, -0.1) is 0 Å². The van der Waals surface area contributed by atoms with Crippen molar-refractivity contribution in [1.29, 1.82) is 0 Å². The van der Waals surface area contributed by atoms with Gasteiger partial charge in [0.05, 0.1) is 12.2 Å². The molecule has 0 heterocycles. The van der Waals surface area contributed by atoms with Gasteiger partial charge in [-0.25, -0.2) is 0 Å². The summed E-state index contributed by atoms with van der Waals surface area (Å²) < 4.78 is 5.25. The van der Waals surface area contributed by atoms with Crippen LogP contribution in [0.25, 0.3) is 11.3 Å². The molecule has 0 spiro atoms. The van der Waals surface area contributed by atoms with Crippen LogP contribution in [0.15, 0.2) is 46.8 Å². The number of nitrogens with two attached hydrogens (primary N) is 1. The SMILES string of the molecule is COCC1=CCCC(c2ccc(O)c3c2C[C@H]2C[C@H]4CC(=O)C(C(N)=O)=C(O)[C@@]4(O)C(=O)C2=C3O)=C1. The molecule has 1 aromatic rings. The number of hydrogen-bond donors (Lipinski definition) is 5. The monoisotopic (exact) mass is 493 g/mol. The molecular weight excluding hydrogens is 466 g/mol. The van der Waals surface area contributed by atoms with Gasteiger partial charge in [0.15, 0.2) is 11.4 Å². The zero-order chi connectivity index (χ0) is 25.9. The van der Waals surface area contributed by atoms with E-state index in [0.29, 0.717) is 12.2 Å². The third kappa shape index (κ3) is 3.34. The summed E-state index contributed by atoms with van der Waals surface area (Å²) >= 11 is 0. The van der Waals surface area contributed by atoms with Gasteiger partial charge in [0.1, 0.15) is 22.8 Å². The maximum Gasteiger partial charge on any atom is 0.255 e. The van der Waals surface area contributed by atoms with Crippen molar-refractivity contribution in [3.05, 3.63) is 63.5 Å². The summed E-state index contributed by atoms with van der Waals surface area (Å²) in [6, 6.07) is 3.24. The van der Waals surface area contributed by atoms with Crippen molar-refractivity contribution in [2.75, 3.05) is 13.7 Å². The second kappa shape index (κ2) is 8.46. The van der Waals surface area contributed by atoms with Gasteiger partial charge < -0.3 is 30.9 Å². The number of ketones is 2. The summed E-state index contributed by atoms with van der Waals surface area (Å²) in [6.07, 6.45) is 5.71. The fourth-order valence-corrected chi connectivity index (χ4v) is 6.17. The van der Waals surface area contributed by atoms with Crippen LogP contribution in [0.1, 0.15) is 42.4 Å². The second-order valence-corrected chi connectivity index (χ2v) is 9.81. The maximum absolute atomic E-state index is 13.6. The van der Waals surface area contributed by atoms with E-state index in [1.54, 1.807) is 13.2 Å². The van der Waals surface area contributed by atoms with Crippen LogP contribution in [0, 0.1) is 11.8 Å². The molecule has 1 saturated carbocycles. The van der Waals surface area contributed by atoms with Crippen molar-refractivity contribution in [3.8, 4) is 5.75 Å². The first-order chi connectivity index (χ1) is 17.1. The normalized spacial score (nSPS) is 27.7. The van der Waals surface area contributed by atoms with Crippen LogP contribution in [0.4, 0.5) is 0 Å². The van der Waals surface area contributed by atoms with Gasteiger partial charge in [-0.2, -0.15) is 0 Å². The molecule has 4 aliphatic carbocycles. The first-order valence-electron chi connectivity index (χ1n) is 11.8. The molecule has 0 aromatic heterocycles. The molecule has 0 unspecified atom stereocenters. The number of Topliss-reactive ketones (excluding diaryl/α,β-unsaturated/α-hetero) is 2. The van der Waals surface area contributed by atoms with Crippen molar-refractivity contribution in [2.45, 2.75) is 37.7 Å². The number of hydrogen-bond acceptors (Lipinski definition) is 8. The lowest BCUT2D eigenvalue weighted by Gasteiger charge is -2.46. The van der Waals surface area contributed by atoms with E-state index >= 15 is 0 Å². The molecule has 0 aliphatic heterocycles. The highest BCUT2D eigenvalue weighted by molar-refractivity contribution is 6.22. The van der Waals surface area contributed by atoms with Gasteiger partial charge in [0, 0.05) is 25.0 Å². The van der Waals surface area contributed by atoms with Crippen LogP contribution in [-0.2, 0) is 25.5 Å². The molecule has 4 aliphatic rings. The van der Waals surface area contributed by atoms with Crippen LogP contribution >= 0.6 is 0 Å². The number of benzene rings is 1. The summed E-state index contributed by atoms with van der Waals surface area (Å²) in [5.74, 6) is -6.31. The van der Waals surface area contributed by atoms with Gasteiger partial charge in [-0.05, 0) is 59.9 Å². The number of phenols is 1. The summed E-state index contributed by atoms with van der Waals surface area (Å²) in [5.41, 5.74) is 5.35. The van der Waals surface area contributed by atoms with Gasteiger partial charge in [-0.1, -0.05) is 18.2 Å². The fraction of sp³-hybridized carbons (Fsp3) is 0.370. The number of aliphatic hydroxyl groups is 3. The lowest BCUT2D eigenvalue weighted by molar-refractivity contribution is -0.147. The molecule has 3 atom stereocenters. The number of carbonyl (C=O) groups is 3. The molecule has 9 heteroatoms. The summed E-state index contributed by atoms with van der Waals surface area (Å²) in [6.45, 7) is 0.453. The van der Waals surface area contributed by atoms with Crippen LogP contribution in [0.3, 0.4) is 0 Å². The summed E-state index contributed by atoms with van der Waals surface area (Å²) in [4.78, 5) is 37.9. The van der Waals surface area contributed by atoms with E-state index in [1.807, 2.05) is 6.08 Å². The quantitative estimate of drug-likeness (QED) is 0.398. The summed E-state index contributed by atoms with van der Waals surface area (Å²) in [5, 5.41) is 43.9. The standard InChI is InChI=1S/C27H27NO8/c1-36-11-12-3-2-4-13(7-12)16-5-6-18(29)21-17(16)9-14-8-15-10-19(30)22(26(28)34)25(33)27(15,35)24(32)20(14)23(21)31/h3,5-7,14-15,29,31,33,35H,2,4,8-11H2,1H3,(H2,28,34)/t14-,15+,27+/m1/s1. The molecule has 188 valence electrons. The third-order valence-electron chi connectivity index (χ3n) is 7.78. The Morgan fingerprint density at radius 2 is 1.94 bits per heavy atom. The van der Waals surface area contributed by atoms with Crippen molar-refractivity contribution in [3.63, 3.8) is 0 Å². The topological polar surface area (TPSA) is 167 Å². The number of allylic oxidation sites excluding steroid dienone is 2. The number of aliphatic hydroxyl groups excluding tert-OH is 2. The van der Waals surface area contributed by atoms with E-state index in [-0.39, 0.29) is 36.1 Å². The number of primary amides is 1. The summed E-state index contributed by atoms with van der Waals surface area (Å²) in [7, 11) is 1.62. The molecule has 9 nitrogen and oxygen atoms in total. The molecule has 0 radical (unpaired) electrons. The largest absolute Gasteiger partial charge is 0.508 e. The number of carbonyl (C=O) groups excluding carboxylic acids is 3. The Kier molecular flexibility index (Phi) is 5.65. The number of methoxy groups -OCH3 is 1. The van der Waals surface area contributed by atoms with Crippen molar-refractivity contribution >= 4 is 28.8 Å². The Morgan fingerprint density at radius 1 is 1.19 bits per heavy atom. The average Bonchev–Trinajstić information content (AvgIpc) is 2.81. The van der Waals surface area contributed by atoms with Crippen molar-refractivity contribution < 1.29 is 39.5 Å². The van der Waals surface area contributed by atoms with E-state index in [0.717, 1.165) is 29.6 Å². The predicted molar refractivity (Wildman–Crippen MR) is 129 cm³/mol. The predicted octanol–water partition coefficient (Wildman–Crippen LogP) is 2.17. The lowest BCUT2D eigenvalue weighted by atomic mass is 9.59. The van der Waals surface area contributed by atoms with Gasteiger partial charge in [-0.3, -0.25) is 14.4 Å². The van der Waals surface area contributed by atoms with E-state index in [9.17, 15) is 34.8 Å². The Labute approximate surface area is 206 Å². The number of phenolic OH excluding ortho intramolecular Hbond substituents is 1. The van der Waals surface area contributed by atoms with Crippen LogP contribution in [0.5, 0.6) is 5.75 Å². The van der Waals surface area contributed by atoms with Gasteiger partial charge in [0.2, 0.25) is 5.78 Å². The molecule has 1 amide bonds. The first-order valence-corrected chi connectivity index (χ1v) is 11.8. The Balaban J connectivity index is 1.66. The van der Waals surface area contributed by atoms with Gasteiger partial charge in [0.25, 0.3) is 5.91 Å². The van der Waals surface area contributed by atoms with E-state index < -0.39 is 52.0 Å². The number of fused-ring (bicyclic) bond motifs is 3. The zero-order valence-electron chi connectivity index (χ0n) is 19.7. The van der Waals surface area contributed by atoms with Gasteiger partial charge >= 0.3 is 0 Å². The maximum atomic E-state index is 13.6. The minimum absolute atomic E-state index is 0.100. The minimum atomic E-state index is -2.56. The molecule has 1 fully saturated rings. The van der Waals surface area contributed by atoms with E-state index in [2.05, 4.69) is 6.08 Å². The third-order valence-corrected chi connectivity index (χ3v) is 7.78. The highest BCUT2D eigenvalue weighted by Gasteiger charge is 2.60. The molecule has 1 aromatic carbocycles. The molecule has 0 saturated heterocycles. The van der Waals surface area contributed by atoms with E-state index in [1.165, 1.54) is 6.07 Å². The highest BCUT2D eigenvalue weighted by Crippen LogP contribution is 2.52. The first kappa shape index (κ1) is 24.0. The fourth-order valence-electron chi connectivity index (χ4n) is 6.17. The number of rotatable bonds is 4. The Hall–Kier alpha value is -3.69. The zero-order valence-corrected chi connectivity index (χ0v) is 19.7. The average molecular weight is 494 g/mol. The van der Waals surface area contributed by atoms with Crippen LogP contribution in [-0.4, -0.2) is 57.2 Å². The molecule has 36 heavy (non-hydrogen) atoms. The molecule has 0 bridgehead atoms. The van der Waals surface area contributed by atoms with Crippen LogP contribution < -0.4 is 5.73 Å². The number of aromatic hydroxyl groups is 1. The number of amides is 1. The Bertz CT molecular complexity index is 1350. The minimum Gasteiger partial charge on any atom is -0.508 e. The van der Waals surface area contributed by atoms with Crippen LogP contribution in [0.2, 0.25) is 0 Å².